The number of benzene rings is 2. The molecule has 1 atom stereocenters. The first-order valence-corrected chi connectivity index (χ1v) is 13.7. The van der Waals surface area contributed by atoms with Crippen LogP contribution in [-0.2, 0) is 29.9 Å². The number of carbonyl (C=O) groups excluding carboxylic acids is 3. The van der Waals surface area contributed by atoms with E-state index in [0.717, 1.165) is 4.31 Å². The minimum Gasteiger partial charge on any atom is -0.507 e. The Morgan fingerprint density at radius 1 is 0.974 bits per heavy atom. The average Bonchev–Trinajstić information content (AvgIpc) is 3.25. The molecule has 2 aliphatic heterocycles. The molecule has 202 valence electrons. The number of hydrogen-bond acceptors (Lipinski definition) is 7. The van der Waals surface area contributed by atoms with Crippen molar-refractivity contribution in [2.45, 2.75) is 23.8 Å². The van der Waals surface area contributed by atoms with E-state index in [1.54, 1.807) is 29.2 Å². The minimum atomic E-state index is -3.86. The first-order valence-electron chi connectivity index (χ1n) is 12.3. The summed E-state index contributed by atoms with van der Waals surface area (Å²) in [5.41, 5.74) is -1.24. The highest BCUT2D eigenvalue weighted by Crippen LogP contribution is 2.53. The number of rotatable bonds is 8. The maximum Gasteiger partial charge on any atom is 0.296 e. The maximum atomic E-state index is 14.3. The third-order valence-electron chi connectivity index (χ3n) is 6.91. The van der Waals surface area contributed by atoms with Crippen LogP contribution in [0.15, 0.2) is 59.0 Å². The largest absolute Gasteiger partial charge is 0.507 e. The van der Waals surface area contributed by atoms with Gasteiger partial charge in [0.25, 0.3) is 17.6 Å². The summed E-state index contributed by atoms with van der Waals surface area (Å²) in [5.74, 6) is -3.00. The third-order valence-corrected chi connectivity index (χ3v) is 8.72. The zero-order chi connectivity index (χ0) is 28.0. The van der Waals surface area contributed by atoms with Crippen molar-refractivity contribution in [3.8, 4) is 0 Å². The Labute approximate surface area is 222 Å². The zero-order valence-corrected chi connectivity index (χ0v) is 22.9. The van der Waals surface area contributed by atoms with Gasteiger partial charge in [-0.2, -0.15) is 0 Å². The van der Waals surface area contributed by atoms with Crippen LogP contribution in [0.2, 0.25) is 0 Å². The highest BCUT2D eigenvalue weighted by atomic mass is 32.2. The second-order valence-corrected chi connectivity index (χ2v) is 12.0. The molecule has 2 aliphatic rings. The Balaban J connectivity index is 2.04. The van der Waals surface area contributed by atoms with Gasteiger partial charge in [-0.3, -0.25) is 14.4 Å². The number of carbonyl (C=O) groups is 3. The number of aliphatic hydroxyl groups is 1. The van der Waals surface area contributed by atoms with Crippen LogP contribution in [0.1, 0.15) is 24.5 Å². The van der Waals surface area contributed by atoms with Gasteiger partial charge < -0.3 is 19.8 Å². The fourth-order valence-electron chi connectivity index (χ4n) is 5.07. The molecule has 0 bridgehead atoms. The number of Topliss-reactive ketones (excluding diaryl/α,β-unsaturated/α-hetero) is 1. The van der Waals surface area contributed by atoms with Gasteiger partial charge in [0.1, 0.15) is 5.76 Å². The summed E-state index contributed by atoms with van der Waals surface area (Å²) in [6.45, 7) is 2.70. The lowest BCUT2D eigenvalue weighted by Gasteiger charge is -2.35. The Kier molecular flexibility index (Phi) is 7.21. The third kappa shape index (κ3) is 4.01. The summed E-state index contributed by atoms with van der Waals surface area (Å²) in [4.78, 5) is 46.0. The highest BCUT2D eigenvalue weighted by Gasteiger charge is 2.66. The summed E-state index contributed by atoms with van der Waals surface area (Å²) in [7, 11) is 2.54. The number of anilines is 1. The van der Waals surface area contributed by atoms with Crippen molar-refractivity contribution in [2.75, 3.05) is 52.7 Å². The zero-order valence-electron chi connectivity index (χ0n) is 22.1. The molecule has 38 heavy (non-hydrogen) atoms. The van der Waals surface area contributed by atoms with Crippen molar-refractivity contribution >= 4 is 39.1 Å². The maximum absolute atomic E-state index is 14.3. The van der Waals surface area contributed by atoms with Gasteiger partial charge in [0, 0.05) is 44.9 Å². The normalized spacial score (nSPS) is 20.9. The first-order chi connectivity index (χ1) is 17.9. The molecule has 4 rings (SSSR count). The SMILES string of the molecule is CCCN1C(=O)C2(/C(=C(/O)c3cccc(S(=O)(=O)N(C)C)c3)C(=O)C(=O)N2CCN(C)C)c2ccccc21. The molecule has 1 spiro atoms. The van der Waals surface area contributed by atoms with Crippen LogP contribution >= 0.6 is 0 Å². The molecule has 0 radical (unpaired) electrons. The van der Waals surface area contributed by atoms with E-state index < -0.39 is 38.9 Å². The minimum absolute atomic E-state index is 0.0112. The molecular weight excluding hydrogens is 508 g/mol. The van der Waals surface area contributed by atoms with Crippen molar-refractivity contribution in [1.82, 2.24) is 14.1 Å². The van der Waals surface area contributed by atoms with Crippen LogP contribution in [-0.4, -0.2) is 93.1 Å². The van der Waals surface area contributed by atoms with Gasteiger partial charge in [-0.1, -0.05) is 37.3 Å². The van der Waals surface area contributed by atoms with Crippen molar-refractivity contribution < 1.29 is 27.9 Å². The predicted molar refractivity (Wildman–Crippen MR) is 143 cm³/mol. The number of amides is 2. The van der Waals surface area contributed by atoms with Gasteiger partial charge in [-0.15, -0.1) is 0 Å². The standard InChI is InChI=1S/C27H32N4O6S/c1-6-14-30-21-13-8-7-12-20(21)27(26(30)35)22(24(33)25(34)31(27)16-15-28(2)3)23(32)18-10-9-11-19(17-18)38(36,37)29(4)5/h7-13,17,32H,6,14-16H2,1-5H3/b23-22+. The number of aliphatic hydroxyl groups excluding tert-OH is 1. The lowest BCUT2D eigenvalue weighted by molar-refractivity contribution is -0.143. The van der Waals surface area contributed by atoms with Crippen LogP contribution in [0.3, 0.4) is 0 Å². The average molecular weight is 541 g/mol. The number of ketones is 1. The molecule has 1 saturated heterocycles. The van der Waals surface area contributed by atoms with Crippen LogP contribution in [0.5, 0.6) is 0 Å². The van der Waals surface area contributed by atoms with Crippen LogP contribution in [0.4, 0.5) is 5.69 Å². The van der Waals surface area contributed by atoms with E-state index in [9.17, 15) is 27.9 Å². The number of para-hydroxylation sites is 1. The molecule has 0 aliphatic carbocycles. The molecule has 2 amide bonds. The summed E-state index contributed by atoms with van der Waals surface area (Å²) >= 11 is 0. The van der Waals surface area contributed by atoms with Crippen molar-refractivity contribution in [3.05, 3.63) is 65.2 Å². The first kappa shape index (κ1) is 27.5. The molecule has 0 saturated carbocycles. The van der Waals surface area contributed by atoms with Crippen molar-refractivity contribution in [3.63, 3.8) is 0 Å². The van der Waals surface area contributed by atoms with Gasteiger partial charge in [0.05, 0.1) is 16.2 Å². The van der Waals surface area contributed by atoms with Gasteiger partial charge >= 0.3 is 0 Å². The van der Waals surface area contributed by atoms with E-state index in [0.29, 0.717) is 30.8 Å². The van der Waals surface area contributed by atoms with Crippen LogP contribution in [0.25, 0.3) is 5.76 Å². The Morgan fingerprint density at radius 3 is 2.29 bits per heavy atom. The lowest BCUT2D eigenvalue weighted by atomic mass is 9.82. The van der Waals surface area contributed by atoms with E-state index in [-0.39, 0.29) is 22.6 Å². The quantitative estimate of drug-likeness (QED) is 0.308. The Morgan fingerprint density at radius 2 is 1.66 bits per heavy atom. The van der Waals surface area contributed by atoms with E-state index in [4.69, 9.17) is 0 Å². The molecule has 1 unspecified atom stereocenters. The summed E-state index contributed by atoms with van der Waals surface area (Å²) in [5, 5.41) is 11.6. The smallest absolute Gasteiger partial charge is 0.296 e. The molecule has 11 heteroatoms. The van der Waals surface area contributed by atoms with E-state index in [2.05, 4.69) is 0 Å². The molecule has 1 N–H and O–H groups in total. The van der Waals surface area contributed by atoms with Crippen molar-refractivity contribution in [2.24, 2.45) is 0 Å². The molecule has 2 aromatic rings. The number of hydrogen-bond donors (Lipinski definition) is 1. The fraction of sp³-hybridized carbons (Fsp3) is 0.370. The predicted octanol–water partition coefficient (Wildman–Crippen LogP) is 1.83. The number of sulfonamides is 1. The Bertz CT molecular complexity index is 1450. The van der Waals surface area contributed by atoms with E-state index in [1.165, 1.54) is 43.3 Å². The molecular formula is C27H32N4O6S. The van der Waals surface area contributed by atoms with Crippen molar-refractivity contribution in [1.29, 1.82) is 0 Å². The van der Waals surface area contributed by atoms with E-state index >= 15 is 0 Å². The summed E-state index contributed by atoms with van der Waals surface area (Å²) < 4.78 is 26.6. The van der Waals surface area contributed by atoms with Gasteiger partial charge in [0.15, 0.2) is 5.54 Å². The van der Waals surface area contributed by atoms with Gasteiger partial charge in [0.2, 0.25) is 10.0 Å². The van der Waals surface area contributed by atoms with E-state index in [1.807, 2.05) is 25.9 Å². The molecule has 1 fully saturated rings. The number of fused-ring (bicyclic) bond motifs is 2. The van der Waals surface area contributed by atoms with Gasteiger partial charge in [-0.05, 0) is 38.7 Å². The van der Waals surface area contributed by atoms with Crippen LogP contribution in [0, 0.1) is 0 Å². The fourth-order valence-corrected chi connectivity index (χ4v) is 6.02. The highest BCUT2D eigenvalue weighted by molar-refractivity contribution is 7.89. The number of likely N-dealkylation sites (N-methyl/N-ethyl adjacent to an activating group) is 1. The second-order valence-electron chi connectivity index (χ2n) is 9.81. The molecule has 0 aromatic heterocycles. The summed E-state index contributed by atoms with van der Waals surface area (Å²) in [6.07, 6.45) is 0.630. The molecule has 2 aromatic carbocycles. The van der Waals surface area contributed by atoms with Crippen LogP contribution < -0.4 is 4.90 Å². The molecule has 2 heterocycles. The number of nitrogens with zero attached hydrogens (tertiary/aromatic N) is 4. The monoisotopic (exact) mass is 540 g/mol. The Hall–Kier alpha value is -3.54. The molecule has 10 nitrogen and oxygen atoms in total. The lowest BCUT2D eigenvalue weighted by Crippen LogP contribution is -2.53. The second kappa shape index (κ2) is 9.97. The summed E-state index contributed by atoms with van der Waals surface area (Å²) in [6, 6.07) is 12.4. The number of likely N-dealkylation sites (tertiary alicyclic amines) is 1. The van der Waals surface area contributed by atoms with Gasteiger partial charge in [-0.25, -0.2) is 12.7 Å². The topological polar surface area (TPSA) is 119 Å².